The number of piperidine rings is 1. The number of halogens is 3. The summed E-state index contributed by atoms with van der Waals surface area (Å²) in [5.41, 5.74) is 0. The second-order valence-electron chi connectivity index (χ2n) is 4.75. The number of amides is 1. The Bertz CT molecular complexity index is 268. The van der Waals surface area contributed by atoms with Gasteiger partial charge in [-0.1, -0.05) is 6.92 Å². The number of carbonyl (C=O) groups excluding carboxylic acids is 1. The first-order valence-corrected chi connectivity index (χ1v) is 5.83. The van der Waals surface area contributed by atoms with Crippen molar-refractivity contribution in [2.45, 2.75) is 38.4 Å². The van der Waals surface area contributed by atoms with Gasteiger partial charge in [0.2, 0.25) is 5.91 Å². The smallest absolute Gasteiger partial charge is 0.337 e. The zero-order valence-corrected chi connectivity index (χ0v) is 10.2. The van der Waals surface area contributed by atoms with Crippen LogP contribution in [-0.2, 0) is 4.79 Å². The van der Waals surface area contributed by atoms with Crippen LogP contribution in [0.15, 0.2) is 0 Å². The van der Waals surface area contributed by atoms with Crippen molar-refractivity contribution in [3.63, 3.8) is 0 Å². The third-order valence-electron chi connectivity index (χ3n) is 3.17. The first kappa shape index (κ1) is 14.3. The molecule has 0 bridgehead atoms. The number of alkyl halides is 3. The highest BCUT2D eigenvalue weighted by Crippen LogP contribution is 2.20. The monoisotopic (exact) mass is 252 g/mol. The quantitative estimate of drug-likeness (QED) is 0.830. The standard InChI is InChI=1S/C11H19F3N2O/c1-8-4-3-5-15-9(8)6-10(17)16(2)7-11(12,13)14/h8-9,15H,3-7H2,1-2H3. The van der Waals surface area contributed by atoms with Crippen molar-refractivity contribution in [1.82, 2.24) is 10.2 Å². The van der Waals surface area contributed by atoms with Crippen LogP contribution in [0, 0.1) is 5.92 Å². The zero-order chi connectivity index (χ0) is 13.1. The largest absolute Gasteiger partial charge is 0.406 e. The van der Waals surface area contributed by atoms with Gasteiger partial charge in [-0.15, -0.1) is 0 Å². The Morgan fingerprint density at radius 2 is 2.12 bits per heavy atom. The van der Waals surface area contributed by atoms with E-state index in [9.17, 15) is 18.0 Å². The van der Waals surface area contributed by atoms with Crippen LogP contribution >= 0.6 is 0 Å². The number of nitrogens with one attached hydrogen (secondary N) is 1. The Hall–Kier alpha value is -0.780. The number of rotatable bonds is 3. The molecular weight excluding hydrogens is 233 g/mol. The van der Waals surface area contributed by atoms with Crippen LogP contribution in [0.5, 0.6) is 0 Å². The highest BCUT2D eigenvalue weighted by molar-refractivity contribution is 5.76. The van der Waals surface area contributed by atoms with Gasteiger partial charge in [0.05, 0.1) is 0 Å². The Balaban J connectivity index is 2.42. The number of nitrogens with zero attached hydrogens (tertiary/aromatic N) is 1. The lowest BCUT2D eigenvalue weighted by Gasteiger charge is -2.31. The molecule has 2 unspecified atom stereocenters. The first-order valence-electron chi connectivity index (χ1n) is 5.83. The summed E-state index contributed by atoms with van der Waals surface area (Å²) in [4.78, 5) is 12.4. The van der Waals surface area contributed by atoms with E-state index in [0.29, 0.717) is 5.92 Å². The number of hydrogen-bond acceptors (Lipinski definition) is 2. The topological polar surface area (TPSA) is 32.3 Å². The lowest BCUT2D eigenvalue weighted by molar-refractivity contribution is -0.158. The Kier molecular flexibility index (Phi) is 4.80. The average molecular weight is 252 g/mol. The molecule has 1 aliphatic heterocycles. The van der Waals surface area contributed by atoms with Crippen LogP contribution in [0.4, 0.5) is 13.2 Å². The fourth-order valence-electron chi connectivity index (χ4n) is 2.09. The van der Waals surface area contributed by atoms with Crippen molar-refractivity contribution in [2.75, 3.05) is 20.1 Å². The molecular formula is C11H19F3N2O. The van der Waals surface area contributed by atoms with Crippen LogP contribution in [-0.4, -0.2) is 43.2 Å². The van der Waals surface area contributed by atoms with E-state index in [1.54, 1.807) is 0 Å². The Morgan fingerprint density at radius 3 is 2.65 bits per heavy atom. The highest BCUT2D eigenvalue weighted by Gasteiger charge is 2.32. The molecule has 1 aliphatic rings. The molecule has 100 valence electrons. The van der Waals surface area contributed by atoms with Gasteiger partial charge in [0.1, 0.15) is 6.54 Å². The molecule has 0 radical (unpaired) electrons. The summed E-state index contributed by atoms with van der Waals surface area (Å²) in [6, 6.07) is 0.00642. The van der Waals surface area contributed by atoms with Crippen molar-refractivity contribution >= 4 is 5.91 Å². The summed E-state index contributed by atoms with van der Waals surface area (Å²) < 4.78 is 36.3. The molecule has 6 heteroatoms. The van der Waals surface area contributed by atoms with Gasteiger partial charge in [-0.05, 0) is 25.3 Å². The van der Waals surface area contributed by atoms with E-state index in [-0.39, 0.29) is 12.5 Å². The molecule has 0 aromatic carbocycles. The molecule has 1 N–H and O–H groups in total. The third-order valence-corrected chi connectivity index (χ3v) is 3.17. The maximum atomic E-state index is 12.1. The predicted octanol–water partition coefficient (Wildman–Crippen LogP) is 1.79. The van der Waals surface area contributed by atoms with Gasteiger partial charge in [-0.25, -0.2) is 0 Å². The fourth-order valence-corrected chi connectivity index (χ4v) is 2.09. The van der Waals surface area contributed by atoms with Gasteiger partial charge >= 0.3 is 6.18 Å². The average Bonchev–Trinajstić information content (AvgIpc) is 2.18. The highest BCUT2D eigenvalue weighted by atomic mass is 19.4. The summed E-state index contributed by atoms with van der Waals surface area (Å²) >= 11 is 0. The van der Waals surface area contributed by atoms with E-state index < -0.39 is 18.6 Å². The van der Waals surface area contributed by atoms with E-state index in [2.05, 4.69) is 5.32 Å². The molecule has 3 nitrogen and oxygen atoms in total. The maximum Gasteiger partial charge on any atom is 0.406 e. The van der Waals surface area contributed by atoms with Gasteiger partial charge < -0.3 is 10.2 Å². The first-order chi connectivity index (χ1) is 7.79. The molecule has 1 amide bonds. The summed E-state index contributed by atoms with van der Waals surface area (Å²) in [6.45, 7) is 1.69. The summed E-state index contributed by atoms with van der Waals surface area (Å²) in [7, 11) is 1.20. The van der Waals surface area contributed by atoms with E-state index in [4.69, 9.17) is 0 Å². The molecule has 0 aliphatic carbocycles. The minimum Gasteiger partial charge on any atom is -0.337 e. The van der Waals surface area contributed by atoms with Crippen molar-refractivity contribution in [3.05, 3.63) is 0 Å². The van der Waals surface area contributed by atoms with Crippen molar-refractivity contribution in [1.29, 1.82) is 0 Å². The second kappa shape index (κ2) is 5.71. The van der Waals surface area contributed by atoms with Crippen LogP contribution < -0.4 is 5.32 Å². The van der Waals surface area contributed by atoms with E-state index in [0.717, 1.165) is 24.3 Å². The predicted molar refractivity (Wildman–Crippen MR) is 58.5 cm³/mol. The molecule has 0 aromatic heterocycles. The molecule has 0 spiro atoms. The fraction of sp³-hybridized carbons (Fsp3) is 0.909. The molecule has 1 saturated heterocycles. The number of carbonyl (C=O) groups is 1. The minimum atomic E-state index is -4.32. The van der Waals surface area contributed by atoms with Crippen LogP contribution in [0.2, 0.25) is 0 Å². The van der Waals surface area contributed by atoms with Crippen LogP contribution in [0.1, 0.15) is 26.2 Å². The molecule has 0 aromatic rings. The van der Waals surface area contributed by atoms with Gasteiger partial charge in [0.25, 0.3) is 0 Å². The Morgan fingerprint density at radius 1 is 1.47 bits per heavy atom. The normalized spacial score (nSPS) is 25.7. The number of hydrogen-bond donors (Lipinski definition) is 1. The summed E-state index contributed by atoms with van der Waals surface area (Å²) in [5, 5.41) is 3.19. The lowest BCUT2D eigenvalue weighted by atomic mass is 9.90. The SMILES string of the molecule is CC1CCCNC1CC(=O)N(C)CC(F)(F)F. The minimum absolute atomic E-state index is 0.00642. The van der Waals surface area contributed by atoms with Crippen LogP contribution in [0.3, 0.4) is 0 Å². The molecule has 1 fully saturated rings. The van der Waals surface area contributed by atoms with Gasteiger partial charge in [0.15, 0.2) is 0 Å². The molecule has 1 rings (SSSR count). The van der Waals surface area contributed by atoms with Gasteiger partial charge in [-0.3, -0.25) is 4.79 Å². The van der Waals surface area contributed by atoms with E-state index in [1.807, 2.05) is 6.92 Å². The second-order valence-corrected chi connectivity index (χ2v) is 4.75. The lowest BCUT2D eigenvalue weighted by Crippen LogP contribution is -2.45. The van der Waals surface area contributed by atoms with E-state index >= 15 is 0 Å². The summed E-state index contributed by atoms with van der Waals surface area (Å²) in [6.07, 6.45) is -2.10. The third kappa shape index (κ3) is 4.93. The Labute approximate surface area is 99.4 Å². The molecule has 17 heavy (non-hydrogen) atoms. The van der Waals surface area contributed by atoms with Gasteiger partial charge in [0, 0.05) is 19.5 Å². The zero-order valence-electron chi connectivity index (χ0n) is 10.2. The molecule has 2 atom stereocenters. The van der Waals surface area contributed by atoms with Crippen molar-refractivity contribution < 1.29 is 18.0 Å². The maximum absolute atomic E-state index is 12.1. The molecule has 0 saturated carbocycles. The van der Waals surface area contributed by atoms with Crippen LogP contribution in [0.25, 0.3) is 0 Å². The summed E-state index contributed by atoms with van der Waals surface area (Å²) in [5.74, 6) is -0.111. The van der Waals surface area contributed by atoms with E-state index in [1.165, 1.54) is 7.05 Å². The van der Waals surface area contributed by atoms with Crippen molar-refractivity contribution in [2.24, 2.45) is 5.92 Å². The molecule has 1 heterocycles. The van der Waals surface area contributed by atoms with Gasteiger partial charge in [-0.2, -0.15) is 13.2 Å². The van der Waals surface area contributed by atoms with Crippen molar-refractivity contribution in [3.8, 4) is 0 Å².